The van der Waals surface area contributed by atoms with Crippen molar-refractivity contribution >= 4 is 29.3 Å². The molecule has 1 aliphatic rings. The summed E-state index contributed by atoms with van der Waals surface area (Å²) in [5.74, 6) is 1.66. The minimum atomic E-state index is 0.0838. The number of carbonyl (C=O) groups excluding carboxylic acids is 1. The van der Waals surface area contributed by atoms with Gasteiger partial charge >= 0.3 is 0 Å². The second-order valence-electron chi connectivity index (χ2n) is 5.35. The van der Waals surface area contributed by atoms with Gasteiger partial charge in [-0.25, -0.2) is 0 Å². The molecule has 1 amide bonds. The number of benzene rings is 1. The third kappa shape index (κ3) is 4.02. The smallest absolute Gasteiger partial charge is 0.230 e. The molecule has 1 aromatic carbocycles. The van der Waals surface area contributed by atoms with Crippen LogP contribution in [-0.4, -0.2) is 22.7 Å². The van der Waals surface area contributed by atoms with E-state index >= 15 is 0 Å². The molecular weight excluding hydrogens is 316 g/mol. The first-order chi connectivity index (χ1) is 10.7. The van der Waals surface area contributed by atoms with Gasteiger partial charge < -0.3 is 5.32 Å². The van der Waals surface area contributed by atoms with Crippen LogP contribution in [0.3, 0.4) is 0 Å². The van der Waals surface area contributed by atoms with Crippen molar-refractivity contribution in [2.75, 3.05) is 5.75 Å². The van der Waals surface area contributed by atoms with E-state index in [0.29, 0.717) is 11.7 Å². The van der Waals surface area contributed by atoms with Gasteiger partial charge in [0.05, 0.1) is 11.4 Å². The van der Waals surface area contributed by atoms with E-state index < -0.39 is 0 Å². The maximum atomic E-state index is 12.0. The lowest BCUT2D eigenvalue weighted by Crippen LogP contribution is -2.28. The van der Waals surface area contributed by atoms with Crippen LogP contribution in [0.4, 0.5) is 0 Å². The number of halogens is 1. The minimum absolute atomic E-state index is 0.0838. The zero-order chi connectivity index (χ0) is 15.4. The van der Waals surface area contributed by atoms with Gasteiger partial charge in [0.1, 0.15) is 0 Å². The standard InChI is InChI=1S/C17H17ClN2OS/c18-15-7-2-1-6-13(15)14-9-16(14)20-17(21)11-22-10-12-5-3-4-8-19-12/h1-8,14,16H,9-11H2,(H,20,21)/t14-,16-/m0/s1. The lowest BCUT2D eigenvalue weighted by atomic mass is 10.1. The molecule has 1 aliphatic carbocycles. The van der Waals surface area contributed by atoms with Crippen LogP contribution in [0.1, 0.15) is 23.6 Å². The maximum Gasteiger partial charge on any atom is 0.230 e. The second kappa shape index (κ2) is 7.16. The molecule has 1 fully saturated rings. The summed E-state index contributed by atoms with van der Waals surface area (Å²) < 4.78 is 0. The Morgan fingerprint density at radius 2 is 2.09 bits per heavy atom. The fourth-order valence-corrected chi connectivity index (χ4v) is 3.48. The van der Waals surface area contributed by atoms with Gasteiger partial charge in [-0.15, -0.1) is 11.8 Å². The van der Waals surface area contributed by atoms with Crippen molar-refractivity contribution in [3.63, 3.8) is 0 Å². The van der Waals surface area contributed by atoms with Gasteiger partial charge in [-0.3, -0.25) is 9.78 Å². The summed E-state index contributed by atoms with van der Waals surface area (Å²) in [5, 5.41) is 3.86. The van der Waals surface area contributed by atoms with E-state index in [2.05, 4.69) is 10.3 Å². The van der Waals surface area contributed by atoms with Gasteiger partial charge in [-0.05, 0) is 30.2 Å². The molecular formula is C17H17ClN2OS. The van der Waals surface area contributed by atoms with Crippen molar-refractivity contribution in [3.05, 3.63) is 64.9 Å². The summed E-state index contributed by atoms with van der Waals surface area (Å²) in [6.45, 7) is 0. The molecule has 0 bridgehead atoms. The van der Waals surface area contributed by atoms with Gasteiger partial charge in [0.15, 0.2) is 0 Å². The number of hydrogen-bond acceptors (Lipinski definition) is 3. The first kappa shape index (κ1) is 15.4. The number of amides is 1. The monoisotopic (exact) mass is 332 g/mol. The number of thioether (sulfide) groups is 1. The zero-order valence-electron chi connectivity index (χ0n) is 12.0. The van der Waals surface area contributed by atoms with Crippen LogP contribution in [0.15, 0.2) is 48.7 Å². The minimum Gasteiger partial charge on any atom is -0.352 e. The molecule has 114 valence electrons. The molecule has 1 N–H and O–H groups in total. The number of aromatic nitrogens is 1. The molecule has 2 atom stereocenters. The molecule has 5 heteroatoms. The van der Waals surface area contributed by atoms with Crippen LogP contribution in [0.2, 0.25) is 5.02 Å². The van der Waals surface area contributed by atoms with Gasteiger partial charge in [0.25, 0.3) is 0 Å². The molecule has 0 saturated heterocycles. The number of nitrogens with one attached hydrogen (secondary N) is 1. The number of carbonyl (C=O) groups is 1. The summed E-state index contributed by atoms with van der Waals surface area (Å²) >= 11 is 7.77. The van der Waals surface area contributed by atoms with Crippen molar-refractivity contribution in [1.82, 2.24) is 10.3 Å². The van der Waals surface area contributed by atoms with Crippen molar-refractivity contribution < 1.29 is 4.79 Å². The third-order valence-corrected chi connectivity index (χ3v) is 4.96. The van der Waals surface area contributed by atoms with Gasteiger partial charge in [-0.1, -0.05) is 35.9 Å². The van der Waals surface area contributed by atoms with E-state index in [1.165, 1.54) is 0 Å². The van der Waals surface area contributed by atoms with Crippen molar-refractivity contribution in [3.8, 4) is 0 Å². The summed E-state index contributed by atoms with van der Waals surface area (Å²) in [5.41, 5.74) is 2.14. The molecule has 0 spiro atoms. The molecule has 1 saturated carbocycles. The third-order valence-electron chi connectivity index (χ3n) is 3.65. The summed E-state index contributed by atoms with van der Waals surface area (Å²) in [7, 11) is 0. The quantitative estimate of drug-likeness (QED) is 0.878. The molecule has 0 radical (unpaired) electrons. The molecule has 1 heterocycles. The van der Waals surface area contributed by atoms with Gasteiger partial charge in [-0.2, -0.15) is 0 Å². The van der Waals surface area contributed by atoms with Crippen molar-refractivity contribution in [2.45, 2.75) is 24.1 Å². The maximum absolute atomic E-state index is 12.0. The Balaban J connectivity index is 1.41. The molecule has 0 unspecified atom stereocenters. The Bertz CT molecular complexity index is 650. The normalized spacial score (nSPS) is 19.7. The zero-order valence-corrected chi connectivity index (χ0v) is 13.6. The van der Waals surface area contributed by atoms with Crippen molar-refractivity contribution in [2.24, 2.45) is 0 Å². The average molecular weight is 333 g/mol. The second-order valence-corrected chi connectivity index (χ2v) is 6.74. The SMILES string of the molecule is O=C(CSCc1ccccn1)N[C@H]1C[C@H]1c1ccccc1Cl. The number of hydrogen-bond donors (Lipinski definition) is 1. The summed E-state index contributed by atoms with van der Waals surface area (Å²) in [6.07, 6.45) is 2.74. The van der Waals surface area contributed by atoms with E-state index in [-0.39, 0.29) is 11.9 Å². The van der Waals surface area contributed by atoms with Crippen LogP contribution in [-0.2, 0) is 10.5 Å². The van der Waals surface area contributed by atoms with Crippen LogP contribution < -0.4 is 5.32 Å². The molecule has 3 nitrogen and oxygen atoms in total. The van der Waals surface area contributed by atoms with Crippen LogP contribution in [0.5, 0.6) is 0 Å². The van der Waals surface area contributed by atoms with Crippen LogP contribution in [0, 0.1) is 0 Å². The molecule has 22 heavy (non-hydrogen) atoms. The molecule has 0 aliphatic heterocycles. The Hall–Kier alpha value is -1.52. The number of rotatable bonds is 6. The lowest BCUT2D eigenvalue weighted by Gasteiger charge is -2.06. The van der Waals surface area contributed by atoms with Crippen molar-refractivity contribution in [1.29, 1.82) is 0 Å². The van der Waals surface area contributed by atoms with Gasteiger partial charge in [0, 0.05) is 28.9 Å². The predicted molar refractivity (Wildman–Crippen MR) is 91.1 cm³/mol. The number of nitrogens with zero attached hydrogens (tertiary/aromatic N) is 1. The average Bonchev–Trinajstić information content (AvgIpc) is 3.27. The highest BCUT2D eigenvalue weighted by molar-refractivity contribution is 7.99. The van der Waals surface area contributed by atoms with E-state index in [4.69, 9.17) is 11.6 Å². The summed E-state index contributed by atoms with van der Waals surface area (Å²) in [6, 6.07) is 13.9. The van der Waals surface area contributed by atoms with Gasteiger partial charge in [0.2, 0.25) is 5.91 Å². The Kier molecular flexibility index (Phi) is 5.01. The highest BCUT2D eigenvalue weighted by Gasteiger charge is 2.40. The van der Waals surface area contributed by atoms with Crippen LogP contribution >= 0.6 is 23.4 Å². The predicted octanol–water partition coefficient (Wildman–Crippen LogP) is 3.64. The highest BCUT2D eigenvalue weighted by atomic mass is 35.5. The summed E-state index contributed by atoms with van der Waals surface area (Å²) in [4.78, 5) is 16.2. The largest absolute Gasteiger partial charge is 0.352 e. The van der Waals surface area contributed by atoms with Crippen LogP contribution in [0.25, 0.3) is 0 Å². The number of pyridine rings is 1. The van der Waals surface area contributed by atoms with E-state index in [1.807, 2.05) is 42.5 Å². The molecule has 1 aromatic heterocycles. The van der Waals surface area contributed by atoms with E-state index in [0.717, 1.165) is 28.5 Å². The molecule has 2 aromatic rings. The first-order valence-corrected chi connectivity index (χ1v) is 8.79. The Morgan fingerprint density at radius 3 is 2.86 bits per heavy atom. The fraction of sp³-hybridized carbons (Fsp3) is 0.294. The Labute approximate surface area is 139 Å². The Morgan fingerprint density at radius 1 is 1.27 bits per heavy atom. The lowest BCUT2D eigenvalue weighted by molar-refractivity contribution is -0.118. The fourth-order valence-electron chi connectivity index (χ4n) is 2.45. The van der Waals surface area contributed by atoms with E-state index in [9.17, 15) is 4.79 Å². The highest BCUT2D eigenvalue weighted by Crippen LogP contribution is 2.43. The van der Waals surface area contributed by atoms with E-state index in [1.54, 1.807) is 18.0 Å². The first-order valence-electron chi connectivity index (χ1n) is 7.25. The topological polar surface area (TPSA) is 42.0 Å². The molecule has 3 rings (SSSR count).